The summed E-state index contributed by atoms with van der Waals surface area (Å²) in [6.07, 6.45) is 7.99. The molecule has 0 radical (unpaired) electrons. The summed E-state index contributed by atoms with van der Waals surface area (Å²) in [5.74, 6) is 0.584. The number of fused-ring (bicyclic) bond motifs is 1. The smallest absolute Gasteiger partial charge is 0.224 e. The Kier molecular flexibility index (Phi) is 3.86. The van der Waals surface area contributed by atoms with Gasteiger partial charge >= 0.3 is 0 Å². The molecule has 3 rings (SSSR count). The van der Waals surface area contributed by atoms with Gasteiger partial charge in [0.25, 0.3) is 0 Å². The molecular weight excluding hydrogens is 250 g/mol. The number of aryl methyl sites for hydroxylation is 1. The molecule has 0 unspecified atom stereocenters. The number of anilines is 1. The van der Waals surface area contributed by atoms with Gasteiger partial charge in [-0.1, -0.05) is 19.3 Å². The van der Waals surface area contributed by atoms with E-state index < -0.39 is 0 Å². The Morgan fingerprint density at radius 2 is 1.85 bits per heavy atom. The fourth-order valence-electron chi connectivity index (χ4n) is 3.33. The van der Waals surface area contributed by atoms with E-state index in [0.29, 0.717) is 12.2 Å². The molecule has 1 heterocycles. The van der Waals surface area contributed by atoms with Gasteiger partial charge in [0, 0.05) is 23.6 Å². The average Bonchev–Trinajstić information content (AvgIpc) is 2.67. The lowest BCUT2D eigenvalue weighted by Gasteiger charge is -2.20. The molecule has 0 bridgehead atoms. The standard InChI is InChI=1S/C17H21NO2/c19-16-8-4-7-13-11-14(9-10-15(13)18-16)17(20)12-5-2-1-3-6-12/h9-12H,1-8H2,(H,18,19). The van der Waals surface area contributed by atoms with Crippen molar-refractivity contribution >= 4 is 17.4 Å². The molecule has 1 N–H and O–H groups in total. The van der Waals surface area contributed by atoms with Gasteiger partial charge in [-0.2, -0.15) is 0 Å². The first-order valence-corrected chi connectivity index (χ1v) is 7.71. The van der Waals surface area contributed by atoms with E-state index in [-0.39, 0.29) is 11.8 Å². The van der Waals surface area contributed by atoms with Gasteiger partial charge in [-0.25, -0.2) is 0 Å². The molecule has 106 valence electrons. The van der Waals surface area contributed by atoms with Gasteiger partial charge < -0.3 is 5.32 Å². The second-order valence-corrected chi connectivity index (χ2v) is 5.97. The number of carbonyl (C=O) groups is 2. The molecule has 3 heteroatoms. The van der Waals surface area contributed by atoms with Crippen molar-refractivity contribution in [1.29, 1.82) is 0 Å². The minimum atomic E-state index is 0.0788. The van der Waals surface area contributed by atoms with Gasteiger partial charge in [-0.05, 0) is 49.4 Å². The summed E-state index contributed by atoms with van der Waals surface area (Å²) in [5.41, 5.74) is 2.82. The van der Waals surface area contributed by atoms with E-state index >= 15 is 0 Å². The van der Waals surface area contributed by atoms with Crippen LogP contribution in [0.15, 0.2) is 18.2 Å². The van der Waals surface area contributed by atoms with Gasteiger partial charge in [0.15, 0.2) is 5.78 Å². The van der Waals surface area contributed by atoms with E-state index in [1.165, 1.54) is 19.3 Å². The largest absolute Gasteiger partial charge is 0.326 e. The quantitative estimate of drug-likeness (QED) is 0.833. The number of carbonyl (C=O) groups excluding carboxylic acids is 2. The number of hydrogen-bond acceptors (Lipinski definition) is 2. The number of ketones is 1. The first-order valence-electron chi connectivity index (χ1n) is 7.71. The number of rotatable bonds is 2. The second kappa shape index (κ2) is 5.78. The van der Waals surface area contributed by atoms with Crippen molar-refractivity contribution in [3.05, 3.63) is 29.3 Å². The molecule has 0 aromatic heterocycles. The molecule has 1 fully saturated rings. The highest BCUT2D eigenvalue weighted by Gasteiger charge is 2.23. The Labute approximate surface area is 119 Å². The molecule has 0 spiro atoms. The monoisotopic (exact) mass is 271 g/mol. The van der Waals surface area contributed by atoms with E-state index in [2.05, 4.69) is 5.32 Å². The third-order valence-electron chi connectivity index (χ3n) is 4.49. The van der Waals surface area contributed by atoms with E-state index in [1.54, 1.807) is 0 Å². The van der Waals surface area contributed by atoms with E-state index in [0.717, 1.165) is 42.5 Å². The highest BCUT2D eigenvalue weighted by Crippen LogP contribution is 2.29. The van der Waals surface area contributed by atoms with Crippen LogP contribution >= 0.6 is 0 Å². The minimum absolute atomic E-state index is 0.0788. The van der Waals surface area contributed by atoms with Crippen molar-refractivity contribution in [3.63, 3.8) is 0 Å². The van der Waals surface area contributed by atoms with E-state index in [1.807, 2.05) is 18.2 Å². The summed E-state index contributed by atoms with van der Waals surface area (Å²) in [6.45, 7) is 0. The fourth-order valence-corrected chi connectivity index (χ4v) is 3.33. The van der Waals surface area contributed by atoms with Gasteiger partial charge in [0.05, 0.1) is 0 Å². The summed E-state index contributed by atoms with van der Waals surface area (Å²) in [5, 5.41) is 2.92. The SMILES string of the molecule is O=C1CCCc2cc(C(=O)C3CCCCC3)ccc2N1. The van der Waals surface area contributed by atoms with Crippen LogP contribution in [0.25, 0.3) is 0 Å². The first-order chi connectivity index (χ1) is 9.74. The van der Waals surface area contributed by atoms with Crippen molar-refractivity contribution in [1.82, 2.24) is 0 Å². The highest BCUT2D eigenvalue weighted by molar-refractivity contribution is 5.99. The Morgan fingerprint density at radius 1 is 1.05 bits per heavy atom. The Morgan fingerprint density at radius 3 is 2.65 bits per heavy atom. The maximum absolute atomic E-state index is 12.5. The van der Waals surface area contributed by atoms with Crippen molar-refractivity contribution in [2.24, 2.45) is 5.92 Å². The van der Waals surface area contributed by atoms with Crippen LogP contribution in [0.2, 0.25) is 0 Å². The van der Waals surface area contributed by atoms with Crippen LogP contribution in [0.5, 0.6) is 0 Å². The minimum Gasteiger partial charge on any atom is -0.326 e. The molecule has 1 aliphatic carbocycles. The van der Waals surface area contributed by atoms with E-state index in [4.69, 9.17) is 0 Å². The van der Waals surface area contributed by atoms with Gasteiger partial charge in [-0.3, -0.25) is 9.59 Å². The third kappa shape index (κ3) is 2.77. The number of benzene rings is 1. The Hall–Kier alpha value is -1.64. The molecule has 1 aliphatic heterocycles. The van der Waals surface area contributed by atoms with Crippen LogP contribution in [-0.4, -0.2) is 11.7 Å². The summed E-state index contributed by atoms with van der Waals surface area (Å²) < 4.78 is 0. The summed E-state index contributed by atoms with van der Waals surface area (Å²) in [4.78, 5) is 24.1. The van der Waals surface area contributed by atoms with Crippen molar-refractivity contribution in [2.75, 3.05) is 5.32 Å². The topological polar surface area (TPSA) is 46.2 Å². The molecular formula is C17H21NO2. The van der Waals surface area contributed by atoms with E-state index in [9.17, 15) is 9.59 Å². The molecule has 1 amide bonds. The molecule has 0 atom stereocenters. The highest BCUT2D eigenvalue weighted by atomic mass is 16.1. The predicted octanol–water partition coefficient (Wildman–Crippen LogP) is 3.72. The normalized spacial score (nSPS) is 19.9. The number of nitrogens with one attached hydrogen (secondary N) is 1. The van der Waals surface area contributed by atoms with Crippen LogP contribution in [0, 0.1) is 5.92 Å². The molecule has 1 aromatic carbocycles. The summed E-state index contributed by atoms with van der Waals surface area (Å²) in [6, 6.07) is 5.77. The van der Waals surface area contributed by atoms with Crippen molar-refractivity contribution < 1.29 is 9.59 Å². The molecule has 0 saturated heterocycles. The molecule has 1 aromatic rings. The average molecular weight is 271 g/mol. The maximum Gasteiger partial charge on any atom is 0.224 e. The van der Waals surface area contributed by atoms with Gasteiger partial charge in [-0.15, -0.1) is 0 Å². The lowest BCUT2D eigenvalue weighted by Crippen LogP contribution is -2.18. The zero-order valence-corrected chi connectivity index (χ0v) is 11.8. The van der Waals surface area contributed by atoms with Crippen molar-refractivity contribution in [3.8, 4) is 0 Å². The lowest BCUT2D eigenvalue weighted by molar-refractivity contribution is -0.116. The fraction of sp³-hybridized carbons (Fsp3) is 0.529. The van der Waals surface area contributed by atoms with Crippen LogP contribution in [0.1, 0.15) is 60.9 Å². The van der Waals surface area contributed by atoms with Crippen LogP contribution in [0.4, 0.5) is 5.69 Å². The zero-order valence-electron chi connectivity index (χ0n) is 11.8. The zero-order chi connectivity index (χ0) is 13.9. The lowest BCUT2D eigenvalue weighted by atomic mass is 9.83. The van der Waals surface area contributed by atoms with Crippen molar-refractivity contribution in [2.45, 2.75) is 51.4 Å². The Balaban J connectivity index is 1.82. The second-order valence-electron chi connectivity index (χ2n) is 5.97. The number of hydrogen-bond donors (Lipinski definition) is 1. The molecule has 2 aliphatic rings. The van der Waals surface area contributed by atoms with Gasteiger partial charge in [0.1, 0.15) is 0 Å². The Bertz CT molecular complexity index is 530. The molecule has 1 saturated carbocycles. The number of amides is 1. The molecule has 20 heavy (non-hydrogen) atoms. The molecule has 3 nitrogen and oxygen atoms in total. The van der Waals surface area contributed by atoms with Gasteiger partial charge in [0.2, 0.25) is 5.91 Å². The summed E-state index contributed by atoms with van der Waals surface area (Å²) >= 11 is 0. The summed E-state index contributed by atoms with van der Waals surface area (Å²) in [7, 11) is 0. The van der Waals surface area contributed by atoms with Crippen LogP contribution in [-0.2, 0) is 11.2 Å². The van der Waals surface area contributed by atoms with Crippen LogP contribution in [0.3, 0.4) is 0 Å². The maximum atomic E-state index is 12.5. The number of Topliss-reactive ketones (excluding diaryl/α,β-unsaturated/α-hetero) is 1. The first kappa shape index (κ1) is 13.3. The predicted molar refractivity (Wildman–Crippen MR) is 78.9 cm³/mol. The van der Waals surface area contributed by atoms with Crippen LogP contribution < -0.4 is 5.32 Å². The third-order valence-corrected chi connectivity index (χ3v) is 4.49.